The van der Waals surface area contributed by atoms with Crippen LogP contribution in [-0.4, -0.2) is 55.0 Å². The van der Waals surface area contributed by atoms with Crippen LogP contribution in [0.4, 0.5) is 4.39 Å². The monoisotopic (exact) mass is 382 g/mol. The van der Waals surface area contributed by atoms with Crippen LogP contribution < -0.4 is 0 Å². The molecule has 1 amide bonds. The number of piperidine rings is 1. The first kappa shape index (κ1) is 19.1. The lowest BCUT2D eigenvalue weighted by molar-refractivity contribution is -0.140. The summed E-state index contributed by atoms with van der Waals surface area (Å²) in [5.41, 5.74) is 2.33. The third-order valence-corrected chi connectivity index (χ3v) is 5.88. The second kappa shape index (κ2) is 8.84. The van der Waals surface area contributed by atoms with Crippen LogP contribution in [0.3, 0.4) is 0 Å². The molecule has 2 fully saturated rings. The van der Waals surface area contributed by atoms with Gasteiger partial charge in [0.05, 0.1) is 19.7 Å². The first-order chi connectivity index (χ1) is 13.7. The van der Waals surface area contributed by atoms with Gasteiger partial charge in [-0.25, -0.2) is 4.39 Å². The highest BCUT2D eigenvalue weighted by molar-refractivity contribution is 5.78. The molecule has 2 aromatic rings. The summed E-state index contributed by atoms with van der Waals surface area (Å²) in [6.07, 6.45) is 2.01. The number of morpholine rings is 1. The summed E-state index contributed by atoms with van der Waals surface area (Å²) < 4.78 is 19.0. The van der Waals surface area contributed by atoms with Gasteiger partial charge < -0.3 is 9.64 Å². The minimum Gasteiger partial charge on any atom is -0.370 e. The van der Waals surface area contributed by atoms with Crippen molar-refractivity contribution in [2.24, 2.45) is 0 Å². The van der Waals surface area contributed by atoms with E-state index in [-0.39, 0.29) is 17.8 Å². The summed E-state index contributed by atoms with van der Waals surface area (Å²) >= 11 is 0. The Bertz CT molecular complexity index is 773. The Kier molecular flexibility index (Phi) is 6.03. The van der Waals surface area contributed by atoms with Crippen molar-refractivity contribution in [1.29, 1.82) is 0 Å². The fraction of sp³-hybridized carbons (Fsp3) is 0.435. The van der Waals surface area contributed by atoms with Gasteiger partial charge in [-0.05, 0) is 55.1 Å². The number of benzene rings is 2. The molecule has 0 aliphatic carbocycles. The molecule has 4 nitrogen and oxygen atoms in total. The van der Waals surface area contributed by atoms with Gasteiger partial charge in [0.1, 0.15) is 11.9 Å². The van der Waals surface area contributed by atoms with Gasteiger partial charge in [0.2, 0.25) is 5.91 Å². The average Bonchev–Trinajstić information content (AvgIpc) is 2.75. The maximum atomic E-state index is 13.1. The van der Waals surface area contributed by atoms with Crippen LogP contribution >= 0.6 is 0 Å². The fourth-order valence-electron chi connectivity index (χ4n) is 4.20. The fourth-order valence-corrected chi connectivity index (χ4v) is 4.20. The molecule has 4 rings (SSSR count). The predicted molar refractivity (Wildman–Crippen MR) is 107 cm³/mol. The van der Waals surface area contributed by atoms with E-state index in [0.717, 1.165) is 31.5 Å². The lowest BCUT2D eigenvalue weighted by Crippen LogP contribution is -2.47. The van der Waals surface area contributed by atoms with Crippen LogP contribution in [-0.2, 0) is 9.53 Å². The maximum absolute atomic E-state index is 13.1. The number of carbonyl (C=O) groups is 1. The van der Waals surface area contributed by atoms with Crippen molar-refractivity contribution in [2.75, 3.05) is 39.3 Å². The zero-order valence-electron chi connectivity index (χ0n) is 16.1. The number of rotatable bonds is 4. The normalized spacial score (nSPS) is 21.6. The lowest BCUT2D eigenvalue weighted by atomic mass is 9.89. The van der Waals surface area contributed by atoms with Crippen LogP contribution in [0, 0.1) is 5.82 Å². The standard InChI is InChI=1S/C23H27FN2O2/c24-21-8-6-20(7-9-21)22-16-26(14-15-28-22)23(27)17-25-12-10-19(11-13-25)18-4-2-1-3-5-18/h1-9,19,22H,10-17H2. The van der Waals surface area contributed by atoms with Crippen molar-refractivity contribution in [3.63, 3.8) is 0 Å². The van der Waals surface area contributed by atoms with Crippen molar-refractivity contribution >= 4 is 5.91 Å². The number of halogens is 1. The Morgan fingerprint density at radius 3 is 2.39 bits per heavy atom. The highest BCUT2D eigenvalue weighted by atomic mass is 19.1. The predicted octanol–water partition coefficient (Wildman–Crippen LogP) is 3.61. The van der Waals surface area contributed by atoms with Gasteiger partial charge in [-0.15, -0.1) is 0 Å². The second-order valence-electron chi connectivity index (χ2n) is 7.71. The molecule has 2 aliphatic heterocycles. The molecular weight excluding hydrogens is 355 g/mol. The largest absolute Gasteiger partial charge is 0.370 e. The summed E-state index contributed by atoms with van der Waals surface area (Å²) in [6.45, 7) is 4.05. The molecule has 148 valence electrons. The van der Waals surface area contributed by atoms with Crippen LogP contribution in [0.1, 0.15) is 36.0 Å². The molecule has 2 aromatic carbocycles. The zero-order chi connectivity index (χ0) is 19.3. The molecule has 1 atom stereocenters. The second-order valence-corrected chi connectivity index (χ2v) is 7.71. The molecule has 0 bridgehead atoms. The van der Waals surface area contributed by atoms with E-state index in [4.69, 9.17) is 4.74 Å². The Labute approximate surface area is 165 Å². The summed E-state index contributed by atoms with van der Waals surface area (Å²) in [5.74, 6) is 0.499. The highest BCUT2D eigenvalue weighted by Crippen LogP contribution is 2.28. The van der Waals surface area contributed by atoms with Crippen LogP contribution in [0.25, 0.3) is 0 Å². The smallest absolute Gasteiger partial charge is 0.236 e. The molecule has 5 heteroatoms. The minimum atomic E-state index is -0.258. The number of hydrogen-bond donors (Lipinski definition) is 0. The quantitative estimate of drug-likeness (QED) is 0.810. The lowest BCUT2D eigenvalue weighted by Gasteiger charge is -2.36. The topological polar surface area (TPSA) is 32.8 Å². The molecule has 0 aromatic heterocycles. The number of carbonyl (C=O) groups excluding carboxylic acids is 1. The van der Waals surface area contributed by atoms with E-state index in [2.05, 4.69) is 35.2 Å². The van der Waals surface area contributed by atoms with Crippen molar-refractivity contribution in [3.8, 4) is 0 Å². The summed E-state index contributed by atoms with van der Waals surface area (Å²) in [5, 5.41) is 0. The Morgan fingerprint density at radius 1 is 0.964 bits per heavy atom. The molecule has 0 N–H and O–H groups in total. The molecule has 0 saturated carbocycles. The highest BCUT2D eigenvalue weighted by Gasteiger charge is 2.28. The molecule has 0 radical (unpaired) electrons. The Hall–Kier alpha value is -2.24. The molecule has 28 heavy (non-hydrogen) atoms. The van der Waals surface area contributed by atoms with E-state index in [1.807, 2.05) is 4.90 Å². The van der Waals surface area contributed by atoms with Crippen LogP contribution in [0.5, 0.6) is 0 Å². The van der Waals surface area contributed by atoms with Gasteiger partial charge in [0.25, 0.3) is 0 Å². The molecule has 2 saturated heterocycles. The molecular formula is C23H27FN2O2. The van der Waals surface area contributed by atoms with Gasteiger partial charge in [-0.1, -0.05) is 42.5 Å². The van der Waals surface area contributed by atoms with E-state index in [1.54, 1.807) is 12.1 Å². The van der Waals surface area contributed by atoms with Crippen LogP contribution in [0.15, 0.2) is 54.6 Å². The maximum Gasteiger partial charge on any atom is 0.236 e. The van der Waals surface area contributed by atoms with Crippen LogP contribution in [0.2, 0.25) is 0 Å². The van der Waals surface area contributed by atoms with E-state index in [0.29, 0.717) is 32.2 Å². The first-order valence-electron chi connectivity index (χ1n) is 10.1. The molecule has 2 heterocycles. The Morgan fingerprint density at radius 2 is 1.68 bits per heavy atom. The number of likely N-dealkylation sites (tertiary alicyclic amines) is 1. The van der Waals surface area contributed by atoms with E-state index < -0.39 is 0 Å². The molecule has 1 unspecified atom stereocenters. The third kappa shape index (κ3) is 4.59. The number of nitrogens with zero attached hydrogens (tertiary/aromatic N) is 2. The number of ether oxygens (including phenoxy) is 1. The molecule has 2 aliphatic rings. The average molecular weight is 382 g/mol. The van der Waals surface area contributed by atoms with Crippen molar-refractivity contribution in [3.05, 3.63) is 71.5 Å². The minimum absolute atomic E-state index is 0.161. The summed E-state index contributed by atoms with van der Waals surface area (Å²) in [6, 6.07) is 17.0. The SMILES string of the molecule is O=C(CN1CCC(c2ccccc2)CC1)N1CCOC(c2ccc(F)cc2)C1. The third-order valence-electron chi connectivity index (χ3n) is 5.88. The Balaban J connectivity index is 1.28. The van der Waals surface area contributed by atoms with Gasteiger partial charge >= 0.3 is 0 Å². The number of amides is 1. The van der Waals surface area contributed by atoms with Crippen molar-refractivity contribution < 1.29 is 13.9 Å². The van der Waals surface area contributed by atoms with E-state index in [1.165, 1.54) is 17.7 Å². The van der Waals surface area contributed by atoms with E-state index in [9.17, 15) is 9.18 Å². The van der Waals surface area contributed by atoms with E-state index >= 15 is 0 Å². The first-order valence-corrected chi connectivity index (χ1v) is 10.1. The van der Waals surface area contributed by atoms with Gasteiger partial charge in [0, 0.05) is 6.54 Å². The van der Waals surface area contributed by atoms with Crippen molar-refractivity contribution in [1.82, 2.24) is 9.80 Å². The number of hydrogen-bond acceptors (Lipinski definition) is 3. The summed E-state index contributed by atoms with van der Waals surface area (Å²) in [4.78, 5) is 17.0. The zero-order valence-corrected chi connectivity index (χ0v) is 16.1. The van der Waals surface area contributed by atoms with Gasteiger partial charge in [0.15, 0.2) is 0 Å². The van der Waals surface area contributed by atoms with Gasteiger partial charge in [-0.3, -0.25) is 9.69 Å². The summed E-state index contributed by atoms with van der Waals surface area (Å²) in [7, 11) is 0. The van der Waals surface area contributed by atoms with Crippen molar-refractivity contribution in [2.45, 2.75) is 24.9 Å². The van der Waals surface area contributed by atoms with Gasteiger partial charge in [-0.2, -0.15) is 0 Å². The molecule has 0 spiro atoms.